The molecule has 80 valence electrons. The predicted molar refractivity (Wildman–Crippen MR) is 59.5 cm³/mol. The SMILES string of the molecule is CCc1cn(C)c(N(CC)CCN)n1. The molecule has 1 rings (SSSR count). The fraction of sp³-hybridized carbons (Fsp3) is 0.700. The molecule has 0 aliphatic carbocycles. The molecule has 0 aliphatic heterocycles. The van der Waals surface area contributed by atoms with Gasteiger partial charge in [-0.05, 0) is 13.3 Å². The third-order valence-corrected chi connectivity index (χ3v) is 2.33. The first-order valence-electron chi connectivity index (χ1n) is 5.20. The van der Waals surface area contributed by atoms with E-state index in [2.05, 4.69) is 34.5 Å². The van der Waals surface area contributed by atoms with Gasteiger partial charge in [0.2, 0.25) is 5.95 Å². The molecule has 0 amide bonds. The minimum Gasteiger partial charge on any atom is -0.341 e. The van der Waals surface area contributed by atoms with Crippen LogP contribution in [0.4, 0.5) is 5.95 Å². The van der Waals surface area contributed by atoms with E-state index in [1.54, 1.807) is 0 Å². The van der Waals surface area contributed by atoms with E-state index < -0.39 is 0 Å². The first kappa shape index (κ1) is 11.0. The van der Waals surface area contributed by atoms with Crippen molar-refractivity contribution in [2.75, 3.05) is 24.5 Å². The van der Waals surface area contributed by atoms with Crippen molar-refractivity contribution in [2.24, 2.45) is 12.8 Å². The largest absolute Gasteiger partial charge is 0.341 e. The van der Waals surface area contributed by atoms with Gasteiger partial charge in [0, 0.05) is 32.9 Å². The Balaban J connectivity index is 2.85. The zero-order chi connectivity index (χ0) is 10.6. The molecule has 0 aliphatic rings. The normalized spacial score (nSPS) is 10.6. The summed E-state index contributed by atoms with van der Waals surface area (Å²) in [5.74, 6) is 1.02. The predicted octanol–water partition coefficient (Wildman–Crippen LogP) is 0.767. The lowest BCUT2D eigenvalue weighted by Crippen LogP contribution is -2.31. The lowest BCUT2D eigenvalue weighted by molar-refractivity contribution is 0.750. The molecule has 0 radical (unpaired) electrons. The smallest absolute Gasteiger partial charge is 0.205 e. The molecule has 0 spiro atoms. The second-order valence-corrected chi connectivity index (χ2v) is 3.37. The van der Waals surface area contributed by atoms with Gasteiger partial charge in [-0.1, -0.05) is 6.92 Å². The summed E-state index contributed by atoms with van der Waals surface area (Å²) in [6.45, 7) is 6.72. The van der Waals surface area contributed by atoms with Gasteiger partial charge in [-0.25, -0.2) is 4.98 Å². The maximum Gasteiger partial charge on any atom is 0.205 e. The first-order valence-corrected chi connectivity index (χ1v) is 5.20. The van der Waals surface area contributed by atoms with E-state index in [1.165, 1.54) is 0 Å². The summed E-state index contributed by atoms with van der Waals surface area (Å²) in [5.41, 5.74) is 6.69. The molecule has 1 heterocycles. The Morgan fingerprint density at radius 1 is 1.50 bits per heavy atom. The molecule has 0 saturated carbocycles. The molecule has 0 atom stereocenters. The molecule has 0 aromatic carbocycles. The number of anilines is 1. The van der Waals surface area contributed by atoms with Gasteiger partial charge in [0.15, 0.2) is 0 Å². The quantitative estimate of drug-likeness (QED) is 0.756. The van der Waals surface area contributed by atoms with E-state index in [4.69, 9.17) is 5.73 Å². The van der Waals surface area contributed by atoms with Crippen molar-refractivity contribution in [1.82, 2.24) is 9.55 Å². The van der Waals surface area contributed by atoms with Crippen LogP contribution in [-0.4, -0.2) is 29.2 Å². The van der Waals surface area contributed by atoms with E-state index in [0.717, 1.165) is 31.2 Å². The Morgan fingerprint density at radius 3 is 2.64 bits per heavy atom. The summed E-state index contributed by atoms with van der Waals surface area (Å²) < 4.78 is 2.07. The van der Waals surface area contributed by atoms with Gasteiger partial charge < -0.3 is 15.2 Å². The summed E-state index contributed by atoms with van der Waals surface area (Å²) in [6.07, 6.45) is 3.06. The summed E-state index contributed by atoms with van der Waals surface area (Å²) in [4.78, 5) is 6.74. The molecule has 1 aromatic heterocycles. The van der Waals surface area contributed by atoms with Crippen LogP contribution in [-0.2, 0) is 13.5 Å². The number of hydrogen-bond acceptors (Lipinski definition) is 3. The summed E-state index contributed by atoms with van der Waals surface area (Å²) >= 11 is 0. The van der Waals surface area contributed by atoms with Crippen LogP contribution in [0.15, 0.2) is 6.20 Å². The fourth-order valence-electron chi connectivity index (χ4n) is 1.54. The highest BCUT2D eigenvalue weighted by Gasteiger charge is 2.10. The molecule has 4 nitrogen and oxygen atoms in total. The third-order valence-electron chi connectivity index (χ3n) is 2.33. The molecule has 0 fully saturated rings. The van der Waals surface area contributed by atoms with Gasteiger partial charge in [0.05, 0.1) is 5.69 Å². The van der Waals surface area contributed by atoms with Gasteiger partial charge in [-0.3, -0.25) is 0 Å². The van der Waals surface area contributed by atoms with Crippen LogP contribution in [0.2, 0.25) is 0 Å². The van der Waals surface area contributed by atoms with Crippen LogP contribution in [0.1, 0.15) is 19.5 Å². The molecule has 0 unspecified atom stereocenters. The Hall–Kier alpha value is -1.03. The van der Waals surface area contributed by atoms with E-state index in [0.29, 0.717) is 6.54 Å². The Bertz CT molecular complexity index is 280. The minimum absolute atomic E-state index is 0.669. The lowest BCUT2D eigenvalue weighted by atomic mass is 10.4. The van der Waals surface area contributed by atoms with Crippen molar-refractivity contribution in [3.8, 4) is 0 Å². The molecule has 0 bridgehead atoms. The number of likely N-dealkylation sites (N-methyl/N-ethyl adjacent to an activating group) is 1. The molecule has 14 heavy (non-hydrogen) atoms. The molecule has 4 heteroatoms. The highest BCUT2D eigenvalue weighted by Crippen LogP contribution is 2.12. The number of rotatable bonds is 5. The maximum atomic E-state index is 5.55. The summed E-state index contributed by atoms with van der Waals surface area (Å²) in [7, 11) is 2.03. The van der Waals surface area contributed by atoms with Gasteiger partial charge in [0.1, 0.15) is 0 Å². The topological polar surface area (TPSA) is 47.1 Å². The number of nitrogens with two attached hydrogens (primary N) is 1. The number of nitrogens with zero attached hydrogens (tertiary/aromatic N) is 3. The standard InChI is InChI=1S/C10H20N4/c1-4-9-8-13(3)10(12-9)14(5-2)7-6-11/h8H,4-7,11H2,1-3H3. The second-order valence-electron chi connectivity index (χ2n) is 3.37. The summed E-state index contributed by atoms with van der Waals surface area (Å²) in [5, 5.41) is 0. The van der Waals surface area contributed by atoms with Crippen molar-refractivity contribution in [1.29, 1.82) is 0 Å². The minimum atomic E-state index is 0.669. The second kappa shape index (κ2) is 5.00. The molecule has 1 aromatic rings. The van der Waals surface area contributed by atoms with Crippen LogP contribution in [0.25, 0.3) is 0 Å². The van der Waals surface area contributed by atoms with E-state index in [9.17, 15) is 0 Å². The van der Waals surface area contributed by atoms with Crippen LogP contribution >= 0.6 is 0 Å². The molecule has 2 N–H and O–H groups in total. The molecular weight excluding hydrogens is 176 g/mol. The van der Waals surface area contributed by atoms with Crippen molar-refractivity contribution in [3.05, 3.63) is 11.9 Å². The third kappa shape index (κ3) is 2.26. The van der Waals surface area contributed by atoms with E-state index >= 15 is 0 Å². The lowest BCUT2D eigenvalue weighted by Gasteiger charge is -2.20. The maximum absolute atomic E-state index is 5.55. The molecule has 0 saturated heterocycles. The van der Waals surface area contributed by atoms with Crippen LogP contribution in [0.3, 0.4) is 0 Å². The van der Waals surface area contributed by atoms with Crippen molar-refractivity contribution in [3.63, 3.8) is 0 Å². The average Bonchev–Trinajstić information content (AvgIpc) is 2.56. The van der Waals surface area contributed by atoms with Crippen LogP contribution < -0.4 is 10.6 Å². The Morgan fingerprint density at radius 2 is 2.21 bits per heavy atom. The number of aryl methyl sites for hydroxylation is 2. The van der Waals surface area contributed by atoms with Crippen LogP contribution in [0, 0.1) is 0 Å². The zero-order valence-electron chi connectivity index (χ0n) is 9.32. The van der Waals surface area contributed by atoms with E-state index in [-0.39, 0.29) is 0 Å². The Labute approximate surface area is 85.7 Å². The van der Waals surface area contributed by atoms with Gasteiger partial charge >= 0.3 is 0 Å². The van der Waals surface area contributed by atoms with Gasteiger partial charge in [-0.2, -0.15) is 0 Å². The Kier molecular flexibility index (Phi) is 3.95. The van der Waals surface area contributed by atoms with Crippen LogP contribution in [0.5, 0.6) is 0 Å². The van der Waals surface area contributed by atoms with Gasteiger partial charge in [0.25, 0.3) is 0 Å². The number of imidazole rings is 1. The monoisotopic (exact) mass is 196 g/mol. The highest BCUT2D eigenvalue weighted by molar-refractivity contribution is 5.33. The van der Waals surface area contributed by atoms with Gasteiger partial charge in [-0.15, -0.1) is 0 Å². The zero-order valence-corrected chi connectivity index (χ0v) is 9.32. The number of hydrogen-bond donors (Lipinski definition) is 1. The van der Waals surface area contributed by atoms with Crippen molar-refractivity contribution in [2.45, 2.75) is 20.3 Å². The van der Waals surface area contributed by atoms with E-state index in [1.807, 2.05) is 7.05 Å². The summed E-state index contributed by atoms with van der Waals surface area (Å²) in [6, 6.07) is 0. The highest BCUT2D eigenvalue weighted by atomic mass is 15.3. The van der Waals surface area contributed by atoms with Crippen molar-refractivity contribution < 1.29 is 0 Å². The number of aromatic nitrogens is 2. The van der Waals surface area contributed by atoms with Crippen molar-refractivity contribution >= 4 is 5.95 Å². The average molecular weight is 196 g/mol. The first-order chi connectivity index (χ1) is 6.72. The molecular formula is C10H20N4. The fourth-order valence-corrected chi connectivity index (χ4v) is 1.54.